The fourth-order valence-electron chi connectivity index (χ4n) is 2.73. The summed E-state index contributed by atoms with van der Waals surface area (Å²) in [6.07, 6.45) is 4.13. The summed E-state index contributed by atoms with van der Waals surface area (Å²) in [6.45, 7) is 1.02. The van der Waals surface area contributed by atoms with Gasteiger partial charge in [0.2, 0.25) is 5.91 Å². The van der Waals surface area contributed by atoms with Crippen LogP contribution in [0, 0.1) is 0 Å². The van der Waals surface area contributed by atoms with Gasteiger partial charge in [-0.05, 0) is 23.3 Å². The van der Waals surface area contributed by atoms with Crippen molar-refractivity contribution < 1.29 is 9.53 Å². The lowest BCUT2D eigenvalue weighted by atomic mass is 10.1. The predicted octanol–water partition coefficient (Wildman–Crippen LogP) is 3.83. The van der Waals surface area contributed by atoms with Crippen molar-refractivity contribution in [2.24, 2.45) is 0 Å². The number of benzene rings is 2. The number of rotatable bonds is 7. The zero-order valence-electron chi connectivity index (χ0n) is 14.7. The summed E-state index contributed by atoms with van der Waals surface area (Å²) >= 11 is 1.56. The van der Waals surface area contributed by atoms with E-state index in [-0.39, 0.29) is 12.3 Å². The zero-order valence-corrected chi connectivity index (χ0v) is 15.5. The van der Waals surface area contributed by atoms with Crippen LogP contribution < -0.4 is 10.1 Å². The molecule has 0 atom stereocenters. The number of aromatic nitrogens is 2. The maximum atomic E-state index is 12.1. The molecule has 5 nitrogen and oxygen atoms in total. The van der Waals surface area contributed by atoms with Crippen LogP contribution in [0.4, 0.5) is 0 Å². The molecule has 2 aromatic carbocycles. The number of amides is 1. The molecule has 0 saturated heterocycles. The van der Waals surface area contributed by atoms with E-state index in [0.29, 0.717) is 13.2 Å². The van der Waals surface area contributed by atoms with Gasteiger partial charge in [0.05, 0.1) is 12.1 Å². The average molecular weight is 377 g/mol. The van der Waals surface area contributed by atoms with Crippen molar-refractivity contribution in [1.29, 1.82) is 0 Å². The van der Waals surface area contributed by atoms with Crippen molar-refractivity contribution in [1.82, 2.24) is 14.7 Å². The van der Waals surface area contributed by atoms with Crippen LogP contribution in [-0.2, 0) is 24.4 Å². The van der Waals surface area contributed by atoms with E-state index < -0.39 is 0 Å². The highest BCUT2D eigenvalue weighted by atomic mass is 32.1. The third kappa shape index (κ3) is 4.54. The van der Waals surface area contributed by atoms with Crippen LogP contribution in [0.2, 0.25) is 0 Å². The van der Waals surface area contributed by atoms with E-state index in [0.717, 1.165) is 27.5 Å². The molecule has 0 aliphatic rings. The van der Waals surface area contributed by atoms with Crippen molar-refractivity contribution in [2.75, 3.05) is 0 Å². The molecule has 2 heterocycles. The van der Waals surface area contributed by atoms with Crippen LogP contribution in [-0.4, -0.2) is 15.3 Å². The maximum absolute atomic E-state index is 12.1. The molecule has 27 heavy (non-hydrogen) atoms. The fraction of sp³-hybridized carbons (Fsp3) is 0.143. The second kappa shape index (κ2) is 8.05. The van der Waals surface area contributed by atoms with Gasteiger partial charge >= 0.3 is 0 Å². The first-order valence-electron chi connectivity index (χ1n) is 8.70. The molecule has 0 aliphatic heterocycles. The third-order valence-electron chi connectivity index (χ3n) is 4.15. The molecule has 1 N–H and O–H groups in total. The Hall–Kier alpha value is -3.12. The molecular weight excluding hydrogens is 358 g/mol. The minimum atomic E-state index is -0.0303. The molecule has 0 radical (unpaired) electrons. The molecule has 0 aliphatic carbocycles. The van der Waals surface area contributed by atoms with Gasteiger partial charge in [0.1, 0.15) is 12.4 Å². The molecule has 6 heteroatoms. The van der Waals surface area contributed by atoms with Crippen LogP contribution in [0.5, 0.6) is 5.75 Å². The van der Waals surface area contributed by atoms with Gasteiger partial charge in [0.25, 0.3) is 0 Å². The number of thiazole rings is 1. The minimum Gasteiger partial charge on any atom is -0.489 e. The highest BCUT2D eigenvalue weighted by molar-refractivity contribution is 7.15. The summed E-state index contributed by atoms with van der Waals surface area (Å²) in [7, 11) is 0. The minimum absolute atomic E-state index is 0.0303. The number of carbonyl (C=O) groups is 1. The van der Waals surface area contributed by atoms with Gasteiger partial charge in [0, 0.05) is 24.3 Å². The lowest BCUT2D eigenvalue weighted by Gasteiger charge is -2.08. The zero-order chi connectivity index (χ0) is 18.5. The lowest BCUT2D eigenvalue weighted by molar-refractivity contribution is -0.120. The Bertz CT molecular complexity index is 994. The molecule has 136 valence electrons. The summed E-state index contributed by atoms with van der Waals surface area (Å²) in [5, 5.41) is 4.92. The Balaban J connectivity index is 1.25. The monoisotopic (exact) mass is 377 g/mol. The first-order chi connectivity index (χ1) is 13.3. The van der Waals surface area contributed by atoms with E-state index in [1.807, 2.05) is 76.8 Å². The smallest absolute Gasteiger partial charge is 0.226 e. The Morgan fingerprint density at radius 1 is 1.07 bits per heavy atom. The molecular formula is C21H19N3O2S. The van der Waals surface area contributed by atoms with E-state index >= 15 is 0 Å². The third-order valence-corrected chi connectivity index (χ3v) is 4.92. The van der Waals surface area contributed by atoms with Gasteiger partial charge in [-0.2, -0.15) is 0 Å². The molecule has 2 aromatic heterocycles. The molecule has 0 bridgehead atoms. The summed E-state index contributed by atoms with van der Waals surface area (Å²) in [5.41, 5.74) is 2.93. The molecule has 1 amide bonds. The first kappa shape index (κ1) is 17.3. The van der Waals surface area contributed by atoms with Crippen LogP contribution in [0.3, 0.4) is 0 Å². The molecule has 4 aromatic rings. The largest absolute Gasteiger partial charge is 0.489 e. The summed E-state index contributed by atoms with van der Waals surface area (Å²) in [4.78, 5) is 17.5. The fourth-order valence-corrected chi connectivity index (χ4v) is 3.44. The van der Waals surface area contributed by atoms with Crippen molar-refractivity contribution in [3.63, 3.8) is 0 Å². The Labute approximate surface area is 161 Å². The number of carbonyl (C=O) groups excluding carboxylic acids is 1. The van der Waals surface area contributed by atoms with E-state index in [1.54, 1.807) is 11.3 Å². The van der Waals surface area contributed by atoms with Crippen molar-refractivity contribution in [2.45, 2.75) is 19.6 Å². The highest BCUT2D eigenvalue weighted by Crippen LogP contribution is 2.13. The van der Waals surface area contributed by atoms with Gasteiger partial charge < -0.3 is 10.1 Å². The quantitative estimate of drug-likeness (QED) is 0.532. The van der Waals surface area contributed by atoms with Crippen molar-refractivity contribution in [3.8, 4) is 5.75 Å². The van der Waals surface area contributed by atoms with Gasteiger partial charge in [-0.15, -0.1) is 11.3 Å². The Morgan fingerprint density at radius 2 is 1.85 bits per heavy atom. The first-order valence-corrected chi connectivity index (χ1v) is 9.58. The average Bonchev–Trinajstić information content (AvgIpc) is 3.28. The number of hydrogen-bond donors (Lipinski definition) is 1. The van der Waals surface area contributed by atoms with Crippen LogP contribution in [0.15, 0.2) is 72.4 Å². The molecule has 0 unspecified atom stereocenters. The van der Waals surface area contributed by atoms with Gasteiger partial charge in [-0.1, -0.05) is 42.5 Å². The van der Waals surface area contributed by atoms with Crippen LogP contribution >= 0.6 is 11.3 Å². The number of para-hydroxylation sites is 1. The van der Waals surface area contributed by atoms with Gasteiger partial charge in [-0.25, -0.2) is 4.98 Å². The number of imidazole rings is 1. The van der Waals surface area contributed by atoms with E-state index in [4.69, 9.17) is 4.74 Å². The van der Waals surface area contributed by atoms with Crippen molar-refractivity contribution in [3.05, 3.63) is 89.2 Å². The van der Waals surface area contributed by atoms with E-state index in [9.17, 15) is 4.79 Å². The molecule has 0 saturated carbocycles. The number of nitrogens with zero attached hydrogens (tertiary/aromatic N) is 2. The molecule has 0 fully saturated rings. The molecule has 4 rings (SSSR count). The number of hydrogen-bond acceptors (Lipinski definition) is 4. The van der Waals surface area contributed by atoms with Gasteiger partial charge in [-0.3, -0.25) is 9.20 Å². The van der Waals surface area contributed by atoms with Gasteiger partial charge in [0.15, 0.2) is 4.96 Å². The summed E-state index contributed by atoms with van der Waals surface area (Å²) < 4.78 is 7.67. The van der Waals surface area contributed by atoms with Crippen LogP contribution in [0.25, 0.3) is 4.96 Å². The predicted molar refractivity (Wildman–Crippen MR) is 106 cm³/mol. The number of nitrogens with one attached hydrogen (secondary N) is 1. The normalized spacial score (nSPS) is 10.8. The second-order valence-corrected chi connectivity index (χ2v) is 7.07. The van der Waals surface area contributed by atoms with Crippen molar-refractivity contribution >= 4 is 22.2 Å². The van der Waals surface area contributed by atoms with Crippen LogP contribution in [0.1, 0.15) is 16.8 Å². The lowest BCUT2D eigenvalue weighted by Crippen LogP contribution is -2.24. The Morgan fingerprint density at radius 3 is 2.63 bits per heavy atom. The van der Waals surface area contributed by atoms with E-state index in [1.165, 1.54) is 0 Å². The maximum Gasteiger partial charge on any atom is 0.226 e. The Kier molecular flexibility index (Phi) is 5.16. The number of fused-ring (bicyclic) bond motifs is 1. The SMILES string of the molecule is O=C(Cc1cn2ccsc2n1)NCc1ccc(COc2ccccc2)cc1. The highest BCUT2D eigenvalue weighted by Gasteiger charge is 2.08. The molecule has 0 spiro atoms. The van der Waals surface area contributed by atoms with E-state index in [2.05, 4.69) is 10.3 Å². The summed E-state index contributed by atoms with van der Waals surface area (Å²) in [5.74, 6) is 0.824. The second-order valence-electron chi connectivity index (χ2n) is 6.20. The standard InChI is InChI=1S/C21H19N3O2S/c25-20(12-18-14-24-10-11-27-21(24)23-18)22-13-16-6-8-17(9-7-16)15-26-19-4-2-1-3-5-19/h1-11,14H,12-13,15H2,(H,22,25). The summed E-state index contributed by atoms with van der Waals surface area (Å²) in [6, 6.07) is 17.8. The topological polar surface area (TPSA) is 55.6 Å². The number of ether oxygens (including phenoxy) is 1.